The number of para-hydroxylation sites is 1. The van der Waals surface area contributed by atoms with E-state index >= 15 is 0 Å². The average molecular weight is 340 g/mol. The highest BCUT2D eigenvalue weighted by molar-refractivity contribution is 5.95. The number of amides is 1. The molecule has 132 valence electrons. The first-order valence-corrected chi connectivity index (χ1v) is 8.57. The van der Waals surface area contributed by atoms with Crippen LogP contribution in [0.1, 0.15) is 47.2 Å². The van der Waals surface area contributed by atoms with Crippen molar-refractivity contribution in [3.05, 3.63) is 57.3 Å². The maximum Gasteiger partial charge on any atom is 0.264 e. The number of rotatable bonds is 2. The van der Waals surface area contributed by atoms with Gasteiger partial charge in [0.25, 0.3) is 11.5 Å². The van der Waals surface area contributed by atoms with E-state index in [0.717, 1.165) is 17.8 Å². The molecule has 0 aliphatic carbocycles. The number of carbonyl (C=O) groups excluding carboxylic acids is 1. The first-order chi connectivity index (χ1) is 11.9. The van der Waals surface area contributed by atoms with E-state index in [0.29, 0.717) is 24.6 Å². The minimum Gasteiger partial charge on any atom is -0.373 e. The lowest BCUT2D eigenvalue weighted by molar-refractivity contribution is 0.0748. The summed E-state index contributed by atoms with van der Waals surface area (Å²) in [6.45, 7) is 7.42. The molecule has 6 nitrogen and oxygen atoms in total. The van der Waals surface area contributed by atoms with Gasteiger partial charge < -0.3 is 14.8 Å². The van der Waals surface area contributed by atoms with Crippen molar-refractivity contribution < 1.29 is 4.79 Å². The molecule has 2 aromatic rings. The number of nitrogens with one attached hydrogen (secondary N) is 1. The topological polar surface area (TPSA) is 69.3 Å². The van der Waals surface area contributed by atoms with E-state index in [2.05, 4.69) is 20.9 Å². The van der Waals surface area contributed by atoms with Crippen molar-refractivity contribution in [2.75, 3.05) is 25.0 Å². The molecule has 1 N–H and O–H groups in total. The van der Waals surface area contributed by atoms with Crippen LogP contribution >= 0.6 is 0 Å². The molecule has 2 heterocycles. The lowest BCUT2D eigenvalue weighted by Gasteiger charge is -2.21. The fraction of sp³-hybridized carbons (Fsp3) is 0.421. The molecule has 0 spiro atoms. The van der Waals surface area contributed by atoms with Crippen LogP contribution in [0.4, 0.5) is 5.69 Å². The Labute approximate surface area is 147 Å². The predicted octanol–water partition coefficient (Wildman–Crippen LogP) is 2.29. The number of aromatic amines is 1. The lowest BCUT2D eigenvalue weighted by atomic mass is 10.1. The van der Waals surface area contributed by atoms with Crippen molar-refractivity contribution in [1.29, 1.82) is 0 Å². The summed E-state index contributed by atoms with van der Waals surface area (Å²) in [7, 11) is 2.02. The molecule has 0 saturated carbocycles. The zero-order valence-corrected chi connectivity index (χ0v) is 15.2. The van der Waals surface area contributed by atoms with E-state index in [-0.39, 0.29) is 22.9 Å². The van der Waals surface area contributed by atoms with Crippen LogP contribution in [0.5, 0.6) is 0 Å². The van der Waals surface area contributed by atoms with Gasteiger partial charge in [0.1, 0.15) is 11.4 Å². The van der Waals surface area contributed by atoms with Crippen molar-refractivity contribution in [2.45, 2.75) is 33.2 Å². The molecule has 1 aliphatic rings. The van der Waals surface area contributed by atoms with Crippen LogP contribution in [0.3, 0.4) is 0 Å². The van der Waals surface area contributed by atoms with Crippen molar-refractivity contribution in [3.63, 3.8) is 0 Å². The van der Waals surface area contributed by atoms with Crippen LogP contribution in [0, 0.1) is 6.92 Å². The third kappa shape index (κ3) is 3.29. The minimum atomic E-state index is -0.355. The number of hydrogen-bond donors (Lipinski definition) is 1. The van der Waals surface area contributed by atoms with E-state index in [1.165, 1.54) is 0 Å². The maximum absolute atomic E-state index is 13.0. The number of fused-ring (bicyclic) bond motifs is 1. The first-order valence-electron chi connectivity index (χ1n) is 8.57. The summed E-state index contributed by atoms with van der Waals surface area (Å²) in [6, 6.07) is 8.04. The van der Waals surface area contributed by atoms with Gasteiger partial charge in [0.15, 0.2) is 0 Å². The number of carbonyl (C=O) groups is 1. The Morgan fingerprint density at radius 3 is 2.64 bits per heavy atom. The van der Waals surface area contributed by atoms with E-state index in [1.54, 1.807) is 11.8 Å². The summed E-state index contributed by atoms with van der Waals surface area (Å²) in [5, 5.41) is 0. The summed E-state index contributed by atoms with van der Waals surface area (Å²) in [4.78, 5) is 36.6. The Morgan fingerprint density at radius 1 is 1.24 bits per heavy atom. The number of H-pyrrole nitrogens is 1. The highest BCUT2D eigenvalue weighted by Gasteiger charge is 2.26. The van der Waals surface area contributed by atoms with Crippen LogP contribution in [0.2, 0.25) is 0 Å². The standard InChI is InChI=1S/C19H24N4O2/c1-12(2)17-20-13(3)16(18(24)21-17)19(25)23-10-9-22(4)15-8-6-5-7-14(15)11-23/h5-8,12H,9-11H2,1-4H3,(H,20,21,24). The second kappa shape index (κ2) is 6.70. The highest BCUT2D eigenvalue weighted by atomic mass is 16.2. The smallest absolute Gasteiger partial charge is 0.264 e. The van der Waals surface area contributed by atoms with Gasteiger partial charge in [0.05, 0.1) is 5.69 Å². The molecule has 1 aromatic carbocycles. The Hall–Kier alpha value is -2.63. The lowest BCUT2D eigenvalue weighted by Crippen LogP contribution is -2.38. The minimum absolute atomic E-state index is 0.106. The maximum atomic E-state index is 13.0. The molecule has 1 aliphatic heterocycles. The summed E-state index contributed by atoms with van der Waals surface area (Å²) in [5.74, 6) is 0.459. The second-order valence-corrected chi connectivity index (χ2v) is 6.84. The fourth-order valence-corrected chi connectivity index (χ4v) is 3.16. The molecule has 0 saturated heterocycles. The monoisotopic (exact) mass is 340 g/mol. The molecule has 3 rings (SSSR count). The molecule has 1 amide bonds. The van der Waals surface area contributed by atoms with Gasteiger partial charge in [-0.15, -0.1) is 0 Å². The van der Waals surface area contributed by atoms with Crippen LogP contribution in [0.15, 0.2) is 29.1 Å². The van der Waals surface area contributed by atoms with Crippen LogP contribution in [-0.4, -0.2) is 40.9 Å². The third-order valence-corrected chi connectivity index (χ3v) is 4.64. The molecule has 0 radical (unpaired) electrons. The number of aryl methyl sites for hydroxylation is 1. The molecule has 0 unspecified atom stereocenters. The van der Waals surface area contributed by atoms with Gasteiger partial charge in [-0.2, -0.15) is 0 Å². The van der Waals surface area contributed by atoms with Gasteiger partial charge in [0.2, 0.25) is 0 Å². The first kappa shape index (κ1) is 17.2. The summed E-state index contributed by atoms with van der Waals surface area (Å²) in [6.07, 6.45) is 0. The zero-order valence-electron chi connectivity index (χ0n) is 15.2. The van der Waals surface area contributed by atoms with Crippen LogP contribution in [0.25, 0.3) is 0 Å². The average Bonchev–Trinajstić information content (AvgIpc) is 2.73. The third-order valence-electron chi connectivity index (χ3n) is 4.64. The van der Waals surface area contributed by atoms with Gasteiger partial charge in [-0.1, -0.05) is 32.0 Å². The number of aromatic nitrogens is 2. The number of benzene rings is 1. The Balaban J connectivity index is 1.96. The Morgan fingerprint density at radius 2 is 1.96 bits per heavy atom. The van der Waals surface area contributed by atoms with Crippen molar-refractivity contribution >= 4 is 11.6 Å². The largest absolute Gasteiger partial charge is 0.373 e. The number of anilines is 1. The second-order valence-electron chi connectivity index (χ2n) is 6.84. The molecule has 0 bridgehead atoms. The Kier molecular flexibility index (Phi) is 4.61. The van der Waals surface area contributed by atoms with Gasteiger partial charge in [-0.3, -0.25) is 9.59 Å². The summed E-state index contributed by atoms with van der Waals surface area (Å²) >= 11 is 0. The van der Waals surface area contributed by atoms with Crippen molar-refractivity contribution in [2.24, 2.45) is 0 Å². The van der Waals surface area contributed by atoms with Gasteiger partial charge in [0, 0.05) is 38.3 Å². The molecule has 0 fully saturated rings. The highest BCUT2D eigenvalue weighted by Crippen LogP contribution is 2.24. The quantitative estimate of drug-likeness (QED) is 0.911. The Bertz CT molecular complexity index is 857. The van der Waals surface area contributed by atoms with E-state index in [4.69, 9.17) is 0 Å². The predicted molar refractivity (Wildman–Crippen MR) is 98.1 cm³/mol. The molecular formula is C19H24N4O2. The van der Waals surface area contributed by atoms with Crippen molar-refractivity contribution in [1.82, 2.24) is 14.9 Å². The molecule has 6 heteroatoms. The number of hydrogen-bond acceptors (Lipinski definition) is 4. The summed E-state index contributed by atoms with van der Waals surface area (Å²) < 4.78 is 0. The zero-order chi connectivity index (χ0) is 18.1. The molecule has 1 aromatic heterocycles. The molecule has 0 atom stereocenters. The van der Waals surface area contributed by atoms with Gasteiger partial charge in [-0.25, -0.2) is 4.98 Å². The van der Waals surface area contributed by atoms with E-state index < -0.39 is 0 Å². The van der Waals surface area contributed by atoms with E-state index in [1.807, 2.05) is 39.1 Å². The SMILES string of the molecule is Cc1nc(C(C)C)[nH]c(=O)c1C(=O)N1CCN(C)c2ccccc2C1. The number of likely N-dealkylation sites (N-methyl/N-ethyl adjacent to an activating group) is 1. The normalized spacial score (nSPS) is 14.4. The van der Waals surface area contributed by atoms with E-state index in [9.17, 15) is 9.59 Å². The van der Waals surface area contributed by atoms with Crippen LogP contribution in [-0.2, 0) is 6.54 Å². The fourth-order valence-electron chi connectivity index (χ4n) is 3.16. The summed E-state index contributed by atoms with van der Waals surface area (Å²) in [5.41, 5.74) is 2.48. The van der Waals surface area contributed by atoms with Crippen molar-refractivity contribution in [3.8, 4) is 0 Å². The van der Waals surface area contributed by atoms with Crippen LogP contribution < -0.4 is 10.5 Å². The molecular weight excluding hydrogens is 316 g/mol. The van der Waals surface area contributed by atoms with Gasteiger partial charge in [-0.05, 0) is 18.6 Å². The van der Waals surface area contributed by atoms with Gasteiger partial charge >= 0.3 is 0 Å². The molecule has 25 heavy (non-hydrogen) atoms. The number of nitrogens with zero attached hydrogens (tertiary/aromatic N) is 3.